The number of nitrogens with one attached hydrogen (secondary N) is 3. The Kier molecular flexibility index (Phi) is 11.9. The van der Waals surface area contributed by atoms with Gasteiger partial charge < -0.3 is 20.9 Å². The lowest BCUT2D eigenvalue weighted by Gasteiger charge is -2.31. The van der Waals surface area contributed by atoms with Crippen LogP contribution in [0.25, 0.3) is 0 Å². The third-order valence-corrected chi connectivity index (χ3v) is 5.50. The summed E-state index contributed by atoms with van der Waals surface area (Å²) in [7, 11) is 3.65. The molecule has 1 aliphatic rings. The lowest BCUT2D eigenvalue weighted by molar-refractivity contribution is -0.138. The third kappa shape index (κ3) is 7.97. The number of hydrogen-bond acceptors (Lipinski definition) is 3. The van der Waals surface area contributed by atoms with Gasteiger partial charge in [0.15, 0.2) is 5.96 Å². The molecular weight excluding hydrogens is 505 g/mol. The molecule has 0 aromatic heterocycles. The number of benzene rings is 1. The predicted molar refractivity (Wildman–Crippen MR) is 137 cm³/mol. The van der Waals surface area contributed by atoms with Crippen molar-refractivity contribution in [3.05, 3.63) is 35.4 Å². The Morgan fingerprint density at radius 3 is 2.42 bits per heavy atom. The average molecular weight is 543 g/mol. The maximum Gasteiger partial charge on any atom is 0.251 e. The fourth-order valence-electron chi connectivity index (χ4n) is 3.91. The summed E-state index contributed by atoms with van der Waals surface area (Å²) in [6.07, 6.45) is 4.89. The highest BCUT2D eigenvalue weighted by Crippen LogP contribution is 2.38. The predicted octanol–water partition coefficient (Wildman–Crippen LogP) is 3.15. The normalized spacial score (nSPS) is 15.0. The van der Waals surface area contributed by atoms with Crippen LogP contribution in [0.2, 0.25) is 0 Å². The molecular formula is C23H38IN5O2. The molecule has 0 unspecified atom stereocenters. The van der Waals surface area contributed by atoms with Crippen molar-refractivity contribution >= 4 is 41.8 Å². The summed E-state index contributed by atoms with van der Waals surface area (Å²) in [5.74, 6) is 0.823. The van der Waals surface area contributed by atoms with E-state index in [0.29, 0.717) is 31.2 Å². The van der Waals surface area contributed by atoms with Gasteiger partial charge in [0.05, 0.1) is 12.0 Å². The first-order valence-corrected chi connectivity index (χ1v) is 11.0. The van der Waals surface area contributed by atoms with Crippen LogP contribution in [-0.2, 0) is 11.3 Å². The molecule has 8 heteroatoms. The van der Waals surface area contributed by atoms with Crippen molar-refractivity contribution in [1.29, 1.82) is 0 Å². The zero-order valence-corrected chi connectivity index (χ0v) is 21.6. The SMILES string of the molecule is CCCNC(=O)c1cccc(CN=C(NCC)NCC2(C(=O)N(C)C)CCCC2)c1.I. The third-order valence-electron chi connectivity index (χ3n) is 5.50. The number of halogens is 1. The Morgan fingerprint density at radius 2 is 1.81 bits per heavy atom. The van der Waals surface area contributed by atoms with Gasteiger partial charge in [-0.3, -0.25) is 9.59 Å². The second-order valence-corrected chi connectivity index (χ2v) is 8.19. The van der Waals surface area contributed by atoms with Crippen molar-refractivity contribution in [3.63, 3.8) is 0 Å². The molecule has 1 saturated carbocycles. The smallest absolute Gasteiger partial charge is 0.251 e. The highest BCUT2D eigenvalue weighted by atomic mass is 127. The van der Waals surface area contributed by atoms with Gasteiger partial charge in [-0.25, -0.2) is 4.99 Å². The minimum absolute atomic E-state index is 0. The van der Waals surface area contributed by atoms with E-state index in [2.05, 4.69) is 20.9 Å². The van der Waals surface area contributed by atoms with Crippen LogP contribution in [0.15, 0.2) is 29.3 Å². The first kappa shape index (κ1) is 27.2. The second-order valence-electron chi connectivity index (χ2n) is 8.19. The molecule has 3 N–H and O–H groups in total. The van der Waals surface area contributed by atoms with Crippen molar-refractivity contribution in [3.8, 4) is 0 Å². The standard InChI is InChI=1S/C23H37N5O2.HI/c1-5-14-25-20(29)19-11-9-10-18(15-19)16-26-22(24-6-2)27-17-23(12-7-8-13-23)21(30)28(3)4;/h9-11,15H,5-8,12-14,16-17H2,1-4H3,(H,25,29)(H2,24,26,27);1H. The minimum Gasteiger partial charge on any atom is -0.357 e. The monoisotopic (exact) mass is 543 g/mol. The first-order valence-electron chi connectivity index (χ1n) is 11.0. The maximum absolute atomic E-state index is 12.8. The number of carbonyl (C=O) groups excluding carboxylic acids is 2. The average Bonchev–Trinajstić information content (AvgIpc) is 3.23. The molecule has 0 aliphatic heterocycles. The number of amides is 2. The van der Waals surface area contributed by atoms with Crippen LogP contribution in [0, 0.1) is 5.41 Å². The molecule has 0 atom stereocenters. The molecule has 0 spiro atoms. The van der Waals surface area contributed by atoms with Crippen LogP contribution in [0.4, 0.5) is 0 Å². The Morgan fingerprint density at radius 1 is 1.10 bits per heavy atom. The fourth-order valence-corrected chi connectivity index (χ4v) is 3.91. The molecule has 1 aromatic carbocycles. The number of carbonyl (C=O) groups is 2. The second kappa shape index (κ2) is 13.5. The van der Waals surface area contributed by atoms with Gasteiger partial charge in [0.2, 0.25) is 5.91 Å². The van der Waals surface area contributed by atoms with Crippen molar-refractivity contribution < 1.29 is 9.59 Å². The van der Waals surface area contributed by atoms with E-state index in [1.165, 1.54) is 0 Å². The highest BCUT2D eigenvalue weighted by Gasteiger charge is 2.42. The van der Waals surface area contributed by atoms with E-state index in [1.807, 2.05) is 52.2 Å². The number of guanidine groups is 1. The van der Waals surface area contributed by atoms with E-state index < -0.39 is 0 Å². The van der Waals surface area contributed by atoms with Crippen molar-refractivity contribution in [2.45, 2.75) is 52.5 Å². The fraction of sp³-hybridized carbons (Fsp3) is 0.609. The molecule has 1 fully saturated rings. The largest absolute Gasteiger partial charge is 0.357 e. The van der Waals surface area contributed by atoms with E-state index in [-0.39, 0.29) is 41.2 Å². The van der Waals surface area contributed by atoms with Crippen molar-refractivity contribution in [1.82, 2.24) is 20.9 Å². The number of nitrogens with zero attached hydrogens (tertiary/aromatic N) is 2. The van der Waals surface area contributed by atoms with Gasteiger partial charge in [-0.15, -0.1) is 24.0 Å². The number of rotatable bonds is 9. The Balaban J connectivity index is 0.00000480. The lowest BCUT2D eigenvalue weighted by atomic mass is 9.84. The van der Waals surface area contributed by atoms with Crippen LogP contribution in [0.1, 0.15) is 61.9 Å². The Bertz CT molecular complexity index is 745. The highest BCUT2D eigenvalue weighted by molar-refractivity contribution is 14.0. The molecule has 7 nitrogen and oxygen atoms in total. The molecule has 0 saturated heterocycles. The minimum atomic E-state index is -0.350. The summed E-state index contributed by atoms with van der Waals surface area (Å²) in [5, 5.41) is 9.55. The summed E-state index contributed by atoms with van der Waals surface area (Å²) < 4.78 is 0. The number of hydrogen-bond donors (Lipinski definition) is 3. The number of aliphatic imine (C=N–C) groups is 1. The summed E-state index contributed by atoms with van der Waals surface area (Å²) in [5.41, 5.74) is 1.27. The van der Waals surface area contributed by atoms with E-state index in [0.717, 1.165) is 44.2 Å². The summed E-state index contributed by atoms with van der Waals surface area (Å²) in [6, 6.07) is 7.55. The Labute approximate surface area is 203 Å². The van der Waals surface area contributed by atoms with Gasteiger partial charge in [-0.05, 0) is 43.9 Å². The summed E-state index contributed by atoms with van der Waals surface area (Å²) in [4.78, 5) is 31.4. The molecule has 2 rings (SSSR count). The van der Waals surface area contributed by atoms with Gasteiger partial charge in [-0.2, -0.15) is 0 Å². The molecule has 1 aliphatic carbocycles. The maximum atomic E-state index is 12.8. The zero-order valence-electron chi connectivity index (χ0n) is 19.3. The molecule has 0 heterocycles. The van der Waals surface area contributed by atoms with E-state index in [4.69, 9.17) is 0 Å². The topological polar surface area (TPSA) is 85.8 Å². The van der Waals surface area contributed by atoms with E-state index in [9.17, 15) is 9.59 Å². The molecule has 0 radical (unpaired) electrons. The molecule has 2 amide bonds. The molecule has 31 heavy (non-hydrogen) atoms. The molecule has 0 bridgehead atoms. The van der Waals surface area contributed by atoms with Crippen LogP contribution in [0.5, 0.6) is 0 Å². The van der Waals surface area contributed by atoms with E-state index >= 15 is 0 Å². The van der Waals surface area contributed by atoms with Crippen LogP contribution in [0.3, 0.4) is 0 Å². The molecule has 174 valence electrons. The van der Waals surface area contributed by atoms with Crippen molar-refractivity contribution in [2.75, 3.05) is 33.7 Å². The quantitative estimate of drug-likeness (QED) is 0.254. The first-order chi connectivity index (χ1) is 14.4. The van der Waals surface area contributed by atoms with Crippen LogP contribution >= 0.6 is 24.0 Å². The lowest BCUT2D eigenvalue weighted by Crippen LogP contribution is -2.49. The summed E-state index contributed by atoms with van der Waals surface area (Å²) >= 11 is 0. The Hall–Kier alpha value is -1.84. The zero-order chi connectivity index (χ0) is 22.0. The van der Waals surface area contributed by atoms with Crippen molar-refractivity contribution in [2.24, 2.45) is 10.4 Å². The van der Waals surface area contributed by atoms with Gasteiger partial charge in [-0.1, -0.05) is 31.9 Å². The van der Waals surface area contributed by atoms with E-state index in [1.54, 1.807) is 4.90 Å². The van der Waals surface area contributed by atoms with Crippen LogP contribution < -0.4 is 16.0 Å². The van der Waals surface area contributed by atoms with Gasteiger partial charge >= 0.3 is 0 Å². The van der Waals surface area contributed by atoms with Gasteiger partial charge in [0.1, 0.15) is 0 Å². The summed E-state index contributed by atoms with van der Waals surface area (Å²) in [6.45, 7) is 6.49. The van der Waals surface area contributed by atoms with Crippen LogP contribution in [-0.4, -0.2) is 56.4 Å². The molecule has 1 aromatic rings. The van der Waals surface area contributed by atoms with Gasteiger partial charge in [0.25, 0.3) is 5.91 Å². The van der Waals surface area contributed by atoms with Gasteiger partial charge in [0, 0.05) is 39.3 Å².